The molecule has 0 saturated carbocycles. The largest absolute Gasteiger partial charge is 0.497 e. The van der Waals surface area contributed by atoms with Crippen LogP contribution in [0, 0.1) is 0 Å². The predicted molar refractivity (Wildman–Crippen MR) is 95.1 cm³/mol. The van der Waals surface area contributed by atoms with Crippen molar-refractivity contribution in [3.8, 4) is 5.75 Å². The van der Waals surface area contributed by atoms with Gasteiger partial charge in [-0.15, -0.1) is 0 Å². The second kappa shape index (κ2) is 8.91. The third-order valence-electron chi connectivity index (χ3n) is 3.88. The Hall–Kier alpha value is -2.56. The lowest BCUT2D eigenvalue weighted by molar-refractivity contribution is 0.233. The highest BCUT2D eigenvalue weighted by atomic mass is 16.5. The second-order valence-electron chi connectivity index (χ2n) is 5.82. The summed E-state index contributed by atoms with van der Waals surface area (Å²) in [5.74, 6) is 0.827. The van der Waals surface area contributed by atoms with Gasteiger partial charge in [-0.1, -0.05) is 19.1 Å². The van der Waals surface area contributed by atoms with Gasteiger partial charge in [0, 0.05) is 18.4 Å². The molecule has 0 aliphatic rings. The van der Waals surface area contributed by atoms with Crippen LogP contribution in [0.4, 0.5) is 4.79 Å². The smallest absolute Gasteiger partial charge is 0.315 e. The Morgan fingerprint density at radius 1 is 1.21 bits per heavy atom. The van der Waals surface area contributed by atoms with E-state index in [4.69, 9.17) is 4.74 Å². The van der Waals surface area contributed by atoms with Crippen LogP contribution in [0.1, 0.15) is 37.4 Å². The summed E-state index contributed by atoms with van der Waals surface area (Å²) in [5, 5.41) is 6.01. The molecule has 2 amide bonds. The summed E-state index contributed by atoms with van der Waals surface area (Å²) in [6, 6.07) is 11.6. The number of aromatic nitrogens is 1. The molecule has 1 aromatic carbocycles. The summed E-state index contributed by atoms with van der Waals surface area (Å²) in [6.45, 7) is 4.04. The van der Waals surface area contributed by atoms with Crippen LogP contribution in [0.3, 0.4) is 0 Å². The van der Waals surface area contributed by atoms with Crippen molar-refractivity contribution in [1.82, 2.24) is 15.6 Å². The number of nitrogens with one attached hydrogen (secondary N) is 2. The minimum Gasteiger partial charge on any atom is -0.497 e. The van der Waals surface area contributed by atoms with Crippen molar-refractivity contribution in [1.29, 1.82) is 0 Å². The minimum atomic E-state index is -0.158. The zero-order chi connectivity index (χ0) is 17.4. The van der Waals surface area contributed by atoms with Gasteiger partial charge in [-0.2, -0.15) is 0 Å². The molecule has 2 atom stereocenters. The Labute approximate surface area is 143 Å². The molecule has 5 nitrogen and oxygen atoms in total. The molecule has 0 bridgehead atoms. The van der Waals surface area contributed by atoms with Crippen molar-refractivity contribution in [2.24, 2.45) is 0 Å². The third kappa shape index (κ3) is 5.26. The highest BCUT2D eigenvalue weighted by Crippen LogP contribution is 2.16. The first kappa shape index (κ1) is 17.8. The topological polar surface area (TPSA) is 63.2 Å². The van der Waals surface area contributed by atoms with Gasteiger partial charge in [-0.05, 0) is 55.2 Å². The average molecular weight is 327 g/mol. The number of hydrogen-bond donors (Lipinski definition) is 2. The summed E-state index contributed by atoms with van der Waals surface area (Å²) in [5.41, 5.74) is 2.19. The van der Waals surface area contributed by atoms with E-state index in [1.54, 1.807) is 19.5 Å². The zero-order valence-electron chi connectivity index (χ0n) is 14.5. The number of amides is 2. The lowest BCUT2D eigenvalue weighted by Gasteiger charge is -2.20. The molecule has 0 spiro atoms. The Kier molecular flexibility index (Phi) is 6.61. The molecule has 2 aromatic rings. The summed E-state index contributed by atoms with van der Waals surface area (Å²) in [7, 11) is 1.65. The first-order valence-electron chi connectivity index (χ1n) is 8.22. The van der Waals surface area contributed by atoms with E-state index < -0.39 is 0 Å². The van der Waals surface area contributed by atoms with Crippen LogP contribution in [0.2, 0.25) is 0 Å². The van der Waals surface area contributed by atoms with Crippen LogP contribution in [-0.2, 0) is 6.42 Å². The van der Waals surface area contributed by atoms with Crippen molar-refractivity contribution in [3.63, 3.8) is 0 Å². The molecule has 1 heterocycles. The highest BCUT2D eigenvalue weighted by molar-refractivity contribution is 5.74. The molecule has 0 aliphatic carbocycles. The average Bonchev–Trinajstić information content (AvgIpc) is 2.60. The van der Waals surface area contributed by atoms with Crippen LogP contribution >= 0.6 is 0 Å². The molecule has 0 saturated heterocycles. The third-order valence-corrected chi connectivity index (χ3v) is 3.88. The van der Waals surface area contributed by atoms with Crippen LogP contribution in [-0.4, -0.2) is 24.2 Å². The summed E-state index contributed by atoms with van der Waals surface area (Å²) >= 11 is 0. The van der Waals surface area contributed by atoms with Gasteiger partial charge in [-0.3, -0.25) is 4.98 Å². The molecule has 0 fully saturated rings. The van der Waals surface area contributed by atoms with E-state index in [2.05, 4.69) is 15.6 Å². The normalized spacial score (nSPS) is 13.0. The van der Waals surface area contributed by atoms with Crippen molar-refractivity contribution in [3.05, 3.63) is 59.9 Å². The van der Waals surface area contributed by atoms with Gasteiger partial charge in [0.15, 0.2) is 0 Å². The molecule has 2 unspecified atom stereocenters. The van der Waals surface area contributed by atoms with Gasteiger partial charge in [0.25, 0.3) is 0 Å². The Balaban J connectivity index is 1.88. The van der Waals surface area contributed by atoms with E-state index in [9.17, 15) is 4.79 Å². The maximum atomic E-state index is 12.2. The van der Waals surface area contributed by atoms with Gasteiger partial charge < -0.3 is 15.4 Å². The molecule has 2 N–H and O–H groups in total. The van der Waals surface area contributed by atoms with Gasteiger partial charge in [0.1, 0.15) is 5.75 Å². The van der Waals surface area contributed by atoms with Crippen LogP contribution in [0.15, 0.2) is 48.8 Å². The number of urea groups is 1. The van der Waals surface area contributed by atoms with Crippen LogP contribution in [0.25, 0.3) is 0 Å². The fraction of sp³-hybridized carbons (Fsp3) is 0.368. The molecule has 0 aliphatic heterocycles. The van der Waals surface area contributed by atoms with E-state index in [0.29, 0.717) is 0 Å². The Morgan fingerprint density at radius 2 is 1.96 bits per heavy atom. The first-order chi connectivity index (χ1) is 11.6. The number of carbonyl (C=O) groups is 1. The maximum Gasteiger partial charge on any atom is 0.315 e. The molecule has 5 heteroatoms. The number of pyridine rings is 1. The molecule has 2 rings (SSSR count). The van der Waals surface area contributed by atoms with E-state index in [0.717, 1.165) is 29.7 Å². The van der Waals surface area contributed by atoms with E-state index in [-0.39, 0.29) is 18.1 Å². The number of hydrogen-bond acceptors (Lipinski definition) is 3. The summed E-state index contributed by atoms with van der Waals surface area (Å²) in [6.07, 6.45) is 5.05. The molecule has 128 valence electrons. The number of ether oxygens (including phenoxy) is 1. The summed E-state index contributed by atoms with van der Waals surface area (Å²) < 4.78 is 5.23. The number of rotatable bonds is 7. The van der Waals surface area contributed by atoms with Crippen molar-refractivity contribution < 1.29 is 9.53 Å². The Bertz CT molecular complexity index is 646. The van der Waals surface area contributed by atoms with Crippen molar-refractivity contribution in [2.45, 2.75) is 38.8 Å². The molecular formula is C19H25N3O2. The SMILES string of the molecule is CCC(NC(=O)NC(C)Cc1cccc(OC)c1)c1ccncc1. The minimum absolute atomic E-state index is 0.0166. The fourth-order valence-corrected chi connectivity index (χ4v) is 2.64. The van der Waals surface area contributed by atoms with Gasteiger partial charge in [0.05, 0.1) is 13.2 Å². The first-order valence-corrected chi connectivity index (χ1v) is 8.22. The molecule has 24 heavy (non-hydrogen) atoms. The van der Waals surface area contributed by atoms with Gasteiger partial charge in [-0.25, -0.2) is 4.79 Å². The number of nitrogens with zero attached hydrogens (tertiary/aromatic N) is 1. The second-order valence-corrected chi connectivity index (χ2v) is 5.82. The fourth-order valence-electron chi connectivity index (χ4n) is 2.64. The number of benzene rings is 1. The quantitative estimate of drug-likeness (QED) is 0.818. The molecular weight excluding hydrogens is 302 g/mol. The van der Waals surface area contributed by atoms with Crippen LogP contribution < -0.4 is 15.4 Å². The van der Waals surface area contributed by atoms with Crippen molar-refractivity contribution in [2.75, 3.05) is 7.11 Å². The lowest BCUT2D eigenvalue weighted by Crippen LogP contribution is -2.43. The van der Waals surface area contributed by atoms with Crippen molar-refractivity contribution >= 4 is 6.03 Å². The molecule has 0 radical (unpaired) electrons. The standard InChI is InChI=1S/C19H25N3O2/c1-4-18(16-8-10-20-11-9-16)22-19(23)21-14(2)12-15-6-5-7-17(13-15)24-3/h5-11,13-14,18H,4,12H2,1-3H3,(H2,21,22,23). The van der Waals surface area contributed by atoms with E-state index in [1.807, 2.05) is 50.2 Å². The number of carbonyl (C=O) groups excluding carboxylic acids is 1. The number of methoxy groups -OCH3 is 1. The lowest BCUT2D eigenvalue weighted by atomic mass is 10.1. The van der Waals surface area contributed by atoms with Gasteiger partial charge >= 0.3 is 6.03 Å². The highest BCUT2D eigenvalue weighted by Gasteiger charge is 2.14. The Morgan fingerprint density at radius 3 is 2.62 bits per heavy atom. The maximum absolute atomic E-state index is 12.2. The van der Waals surface area contributed by atoms with E-state index in [1.165, 1.54) is 0 Å². The predicted octanol–water partition coefficient (Wildman–Crippen LogP) is 3.47. The van der Waals surface area contributed by atoms with E-state index >= 15 is 0 Å². The van der Waals surface area contributed by atoms with Gasteiger partial charge in [0.2, 0.25) is 0 Å². The van der Waals surface area contributed by atoms with Crippen LogP contribution in [0.5, 0.6) is 5.75 Å². The summed E-state index contributed by atoms with van der Waals surface area (Å²) in [4.78, 5) is 16.3. The monoisotopic (exact) mass is 327 g/mol. The molecule has 1 aromatic heterocycles. The zero-order valence-corrected chi connectivity index (χ0v) is 14.5.